The van der Waals surface area contributed by atoms with Crippen molar-refractivity contribution in [3.05, 3.63) is 74.9 Å². The first kappa shape index (κ1) is 17.4. The summed E-state index contributed by atoms with van der Waals surface area (Å²) in [6.07, 6.45) is 1.48. The Kier molecular flexibility index (Phi) is 5.43. The molecule has 3 rings (SSSR count). The van der Waals surface area contributed by atoms with Gasteiger partial charge in [0.05, 0.1) is 10.5 Å². The first-order valence-electron chi connectivity index (χ1n) is 6.60. The number of phenols is 1. The Bertz CT molecular complexity index is 897. The Balaban J connectivity index is 0.000000185. The van der Waals surface area contributed by atoms with Crippen LogP contribution in [0.25, 0.3) is 10.9 Å². The van der Waals surface area contributed by atoms with Gasteiger partial charge < -0.3 is 10.2 Å². The van der Waals surface area contributed by atoms with Crippen LogP contribution in [0.1, 0.15) is 10.4 Å². The van der Waals surface area contributed by atoms with Crippen molar-refractivity contribution in [1.29, 1.82) is 0 Å². The summed E-state index contributed by atoms with van der Waals surface area (Å²) >= 11 is 3.20. The molecule has 0 saturated heterocycles. The lowest BCUT2D eigenvalue weighted by Crippen LogP contribution is -1.94. The van der Waals surface area contributed by atoms with Crippen LogP contribution >= 0.6 is 15.9 Å². The molecule has 2 N–H and O–H groups in total. The number of nitro groups is 1. The summed E-state index contributed by atoms with van der Waals surface area (Å²) in [5.41, 5.74) is 0.237. The number of carboxylic acid groups (broad SMARTS) is 1. The van der Waals surface area contributed by atoms with Crippen molar-refractivity contribution in [2.75, 3.05) is 0 Å². The van der Waals surface area contributed by atoms with Gasteiger partial charge in [-0.1, -0.05) is 22.0 Å². The van der Waals surface area contributed by atoms with Gasteiger partial charge in [0, 0.05) is 22.1 Å². The van der Waals surface area contributed by atoms with Gasteiger partial charge in [-0.15, -0.1) is 0 Å². The smallest absolute Gasteiger partial charge is 0.335 e. The second-order valence-electron chi connectivity index (χ2n) is 4.58. The zero-order valence-electron chi connectivity index (χ0n) is 12.1. The second kappa shape index (κ2) is 7.51. The van der Waals surface area contributed by atoms with Gasteiger partial charge >= 0.3 is 11.7 Å². The van der Waals surface area contributed by atoms with Crippen molar-refractivity contribution in [2.45, 2.75) is 0 Å². The number of hydrogen-bond donors (Lipinski definition) is 2. The van der Waals surface area contributed by atoms with Crippen LogP contribution in [0.15, 0.2) is 59.2 Å². The van der Waals surface area contributed by atoms with E-state index in [4.69, 9.17) is 5.11 Å². The number of phenolic OH excluding ortho intramolecular Hbond substituents is 1. The van der Waals surface area contributed by atoms with Gasteiger partial charge in [-0.2, -0.15) is 0 Å². The van der Waals surface area contributed by atoms with Crippen molar-refractivity contribution < 1.29 is 19.9 Å². The molecule has 24 heavy (non-hydrogen) atoms. The predicted octanol–water partition coefficient (Wildman–Crippen LogP) is 4.00. The number of benzene rings is 2. The number of hydrogen-bond acceptors (Lipinski definition) is 5. The number of pyridine rings is 1. The van der Waals surface area contributed by atoms with Crippen molar-refractivity contribution in [2.24, 2.45) is 0 Å². The minimum Gasteiger partial charge on any atom is -0.501 e. The molecule has 2 aromatic carbocycles. The Morgan fingerprint density at radius 3 is 2.38 bits per heavy atom. The molecule has 0 atom stereocenters. The van der Waals surface area contributed by atoms with Gasteiger partial charge in [0.25, 0.3) is 0 Å². The summed E-state index contributed by atoms with van der Waals surface area (Å²) in [6.45, 7) is 0. The van der Waals surface area contributed by atoms with E-state index in [2.05, 4.69) is 20.9 Å². The first-order valence-corrected chi connectivity index (χ1v) is 7.39. The largest absolute Gasteiger partial charge is 0.501 e. The molecule has 122 valence electrons. The van der Waals surface area contributed by atoms with Gasteiger partial charge in [0.15, 0.2) is 0 Å². The lowest BCUT2D eigenvalue weighted by atomic mass is 10.2. The normalized spacial score (nSPS) is 9.88. The third-order valence-corrected chi connectivity index (χ3v) is 3.54. The quantitative estimate of drug-likeness (QED) is 0.504. The molecule has 0 aliphatic rings. The molecule has 0 fully saturated rings. The third-order valence-electron chi connectivity index (χ3n) is 3.01. The molecule has 0 saturated carbocycles. The van der Waals surface area contributed by atoms with Gasteiger partial charge in [0.1, 0.15) is 5.52 Å². The Morgan fingerprint density at radius 2 is 1.79 bits per heavy atom. The minimum absolute atomic E-state index is 0.252. The molecular weight excluding hydrogens is 380 g/mol. The predicted molar refractivity (Wildman–Crippen MR) is 91.2 cm³/mol. The topological polar surface area (TPSA) is 114 Å². The molecule has 3 aromatic rings. The van der Waals surface area contributed by atoms with E-state index in [-0.39, 0.29) is 17.0 Å². The maximum absolute atomic E-state index is 10.5. The fourth-order valence-corrected chi connectivity index (χ4v) is 2.12. The monoisotopic (exact) mass is 390 g/mol. The maximum Gasteiger partial charge on any atom is 0.335 e. The number of aromatic hydroxyl groups is 1. The Hall–Kier alpha value is -3.00. The standard InChI is InChI=1S/C9H6N2O3.C7H5BrO2/c12-9-7(11(13)14)4-3-6-2-1-5-10-8(6)9;8-6-3-1-5(2-4-6)7(9)10/h1-5,12H;1-4H,(H,9,10). The SMILES string of the molecule is O=C(O)c1ccc(Br)cc1.O=[N+]([O-])c1ccc2cccnc2c1O. The molecule has 8 heteroatoms. The number of halogens is 1. The number of carbonyl (C=O) groups is 1. The molecule has 0 amide bonds. The van der Waals surface area contributed by atoms with Crippen molar-refractivity contribution in [1.82, 2.24) is 4.98 Å². The van der Waals surface area contributed by atoms with Gasteiger partial charge in [-0.05, 0) is 36.4 Å². The number of nitrogens with zero attached hydrogens (tertiary/aromatic N) is 2. The summed E-state index contributed by atoms with van der Waals surface area (Å²) in [7, 11) is 0. The van der Waals surface area contributed by atoms with E-state index in [0.717, 1.165) is 4.47 Å². The van der Waals surface area contributed by atoms with Gasteiger partial charge in [-0.25, -0.2) is 4.79 Å². The number of aromatic carboxylic acids is 1. The molecule has 0 aliphatic carbocycles. The van der Waals surface area contributed by atoms with E-state index in [1.54, 1.807) is 42.5 Å². The lowest BCUT2D eigenvalue weighted by molar-refractivity contribution is -0.385. The van der Waals surface area contributed by atoms with Gasteiger partial charge in [-0.3, -0.25) is 15.1 Å². The van der Waals surface area contributed by atoms with Crippen molar-refractivity contribution in [3.8, 4) is 5.75 Å². The van der Waals surface area contributed by atoms with Crippen molar-refractivity contribution >= 4 is 38.5 Å². The van der Waals surface area contributed by atoms with Crippen LogP contribution in [0.3, 0.4) is 0 Å². The molecule has 1 aromatic heterocycles. The lowest BCUT2D eigenvalue weighted by Gasteiger charge is -1.99. The average Bonchev–Trinajstić information content (AvgIpc) is 2.56. The van der Waals surface area contributed by atoms with E-state index >= 15 is 0 Å². The highest BCUT2D eigenvalue weighted by Gasteiger charge is 2.15. The minimum atomic E-state index is -0.896. The van der Waals surface area contributed by atoms with Crippen LogP contribution in [0.4, 0.5) is 5.69 Å². The molecular formula is C16H11BrN2O5. The molecule has 1 heterocycles. The van der Waals surface area contributed by atoms with Crippen molar-refractivity contribution in [3.63, 3.8) is 0 Å². The summed E-state index contributed by atoms with van der Waals surface area (Å²) in [5.74, 6) is -1.28. The number of nitro benzene ring substituents is 1. The molecule has 7 nitrogen and oxygen atoms in total. The fraction of sp³-hybridized carbons (Fsp3) is 0. The Morgan fingerprint density at radius 1 is 1.12 bits per heavy atom. The zero-order valence-corrected chi connectivity index (χ0v) is 13.7. The highest BCUT2D eigenvalue weighted by atomic mass is 79.9. The molecule has 0 radical (unpaired) electrons. The Labute approximate surface area is 144 Å². The summed E-state index contributed by atoms with van der Waals surface area (Å²) in [5, 5.41) is 29.1. The number of rotatable bonds is 2. The maximum atomic E-state index is 10.5. The van der Waals surface area contributed by atoms with E-state index < -0.39 is 10.9 Å². The molecule has 0 spiro atoms. The summed E-state index contributed by atoms with van der Waals surface area (Å²) < 4.78 is 0.887. The van der Waals surface area contributed by atoms with E-state index in [1.165, 1.54) is 12.3 Å². The highest BCUT2D eigenvalue weighted by Crippen LogP contribution is 2.32. The number of aromatic nitrogens is 1. The van der Waals surface area contributed by atoms with Crippen LogP contribution in [-0.4, -0.2) is 26.1 Å². The summed E-state index contributed by atoms with van der Waals surface area (Å²) in [6, 6.07) is 12.7. The van der Waals surface area contributed by atoms with E-state index in [9.17, 15) is 20.0 Å². The van der Waals surface area contributed by atoms with E-state index in [1.807, 2.05) is 0 Å². The highest BCUT2D eigenvalue weighted by molar-refractivity contribution is 9.10. The number of fused-ring (bicyclic) bond motifs is 1. The molecule has 0 unspecified atom stereocenters. The fourth-order valence-electron chi connectivity index (χ4n) is 1.86. The average molecular weight is 391 g/mol. The van der Waals surface area contributed by atoms with E-state index in [0.29, 0.717) is 10.9 Å². The van der Waals surface area contributed by atoms with Crippen LogP contribution in [0.2, 0.25) is 0 Å². The zero-order chi connectivity index (χ0) is 17.7. The molecule has 0 aliphatic heterocycles. The van der Waals surface area contributed by atoms with Crippen LogP contribution in [-0.2, 0) is 0 Å². The van der Waals surface area contributed by atoms with Crippen LogP contribution in [0.5, 0.6) is 5.75 Å². The first-order chi connectivity index (χ1) is 11.4. The number of carboxylic acids is 1. The third kappa shape index (κ3) is 4.05. The van der Waals surface area contributed by atoms with Crippen LogP contribution in [0, 0.1) is 10.1 Å². The second-order valence-corrected chi connectivity index (χ2v) is 5.49. The molecule has 0 bridgehead atoms. The summed E-state index contributed by atoms with van der Waals surface area (Å²) in [4.78, 5) is 24.0. The van der Waals surface area contributed by atoms with Crippen LogP contribution < -0.4 is 0 Å². The van der Waals surface area contributed by atoms with Gasteiger partial charge in [0.2, 0.25) is 5.75 Å².